The van der Waals surface area contributed by atoms with Crippen molar-refractivity contribution in [3.8, 4) is 77.9 Å². The van der Waals surface area contributed by atoms with Gasteiger partial charge in [-0.3, -0.25) is 0 Å². The summed E-state index contributed by atoms with van der Waals surface area (Å²) in [5.74, 6) is 3.36. The van der Waals surface area contributed by atoms with Crippen molar-refractivity contribution < 1.29 is 0 Å². The maximum absolute atomic E-state index is 2.55. The molecule has 3 aliphatic rings. The minimum Gasteiger partial charge on any atom is -0.310 e. The zero-order valence-electron chi connectivity index (χ0n) is 82.5. The fourth-order valence-corrected chi connectivity index (χ4v) is 20.1. The van der Waals surface area contributed by atoms with E-state index in [-0.39, 0.29) is 32.5 Å². The van der Waals surface area contributed by atoms with Gasteiger partial charge in [0.1, 0.15) is 0 Å². The summed E-state index contributed by atoms with van der Waals surface area (Å²) in [5.41, 5.74) is 43.1. The Labute approximate surface area is 773 Å². The van der Waals surface area contributed by atoms with Gasteiger partial charge in [-0.15, -0.1) is 0 Å². The van der Waals surface area contributed by atoms with Crippen molar-refractivity contribution in [3.63, 3.8) is 0 Å². The molecule has 0 N–H and O–H groups in total. The Bertz CT molecular complexity index is 6030. The lowest BCUT2D eigenvalue weighted by atomic mass is 9.81. The molecule has 13 aromatic carbocycles. The molecule has 0 atom stereocenters. The van der Waals surface area contributed by atoms with Gasteiger partial charge >= 0.3 is 0 Å². The van der Waals surface area contributed by atoms with Crippen molar-refractivity contribution in [1.82, 2.24) is 0 Å². The summed E-state index contributed by atoms with van der Waals surface area (Å²) in [6, 6.07) is 107. The van der Waals surface area contributed by atoms with E-state index < -0.39 is 0 Å². The lowest BCUT2D eigenvalue weighted by Crippen LogP contribution is -2.18. The first-order valence-electron chi connectivity index (χ1n) is 48.9. The maximum Gasteiger partial charge on any atom is 0.0540 e. The van der Waals surface area contributed by atoms with Crippen molar-refractivity contribution in [2.45, 2.75) is 288 Å². The van der Waals surface area contributed by atoms with Crippen LogP contribution in [-0.4, -0.2) is 0 Å². The third-order valence-electron chi connectivity index (χ3n) is 28.3. The normalized spacial score (nSPS) is 14.2. The molecule has 0 saturated heterocycles. The average Bonchev–Trinajstić information content (AvgIpc) is 1.56. The molecular formula is C126H148N2. The molecule has 0 amide bonds. The van der Waals surface area contributed by atoms with Gasteiger partial charge in [-0.1, -0.05) is 380 Å². The first-order valence-corrected chi connectivity index (χ1v) is 48.9. The molecule has 3 aliphatic carbocycles. The Morgan fingerprint density at radius 3 is 0.953 bits per heavy atom. The molecule has 1 saturated carbocycles. The summed E-state index contributed by atoms with van der Waals surface area (Å²) in [4.78, 5) is 5.09. The lowest BCUT2D eigenvalue weighted by Gasteiger charge is -2.32. The Balaban J connectivity index is 0.000000197. The molecule has 0 spiro atoms. The van der Waals surface area contributed by atoms with Crippen LogP contribution in [0.15, 0.2) is 273 Å². The third-order valence-corrected chi connectivity index (χ3v) is 28.3. The Morgan fingerprint density at radius 1 is 0.258 bits per heavy atom. The molecule has 0 heterocycles. The smallest absolute Gasteiger partial charge is 0.0540 e. The molecule has 0 bridgehead atoms. The minimum absolute atomic E-state index is 0.0220. The van der Waals surface area contributed by atoms with Gasteiger partial charge in [0.25, 0.3) is 0 Å². The van der Waals surface area contributed by atoms with E-state index in [4.69, 9.17) is 0 Å². The van der Waals surface area contributed by atoms with E-state index in [1.807, 2.05) is 0 Å². The number of hydrogen-bond acceptors (Lipinski definition) is 2. The van der Waals surface area contributed by atoms with Crippen LogP contribution in [0.5, 0.6) is 0 Å². The summed E-state index contributed by atoms with van der Waals surface area (Å²) in [5, 5.41) is 0. The van der Waals surface area contributed by atoms with Crippen LogP contribution >= 0.6 is 0 Å². The molecule has 2 nitrogen and oxygen atoms in total. The highest BCUT2D eigenvalue weighted by atomic mass is 15.2. The number of anilines is 6. The van der Waals surface area contributed by atoms with Crippen LogP contribution in [0.3, 0.4) is 0 Å². The van der Waals surface area contributed by atoms with Gasteiger partial charge in [-0.05, 0) is 339 Å². The zero-order chi connectivity index (χ0) is 91.1. The van der Waals surface area contributed by atoms with Gasteiger partial charge in [-0.2, -0.15) is 0 Å². The van der Waals surface area contributed by atoms with E-state index in [1.165, 1.54) is 225 Å². The van der Waals surface area contributed by atoms with Crippen LogP contribution in [0.1, 0.15) is 302 Å². The number of fused-ring (bicyclic) bond motifs is 6. The highest BCUT2D eigenvalue weighted by molar-refractivity contribution is 5.93. The molecule has 13 aromatic rings. The predicted octanol–water partition coefficient (Wildman–Crippen LogP) is 36.9. The summed E-state index contributed by atoms with van der Waals surface area (Å²) in [6.45, 7) is 56.7. The summed E-state index contributed by atoms with van der Waals surface area (Å²) < 4.78 is 0. The van der Waals surface area contributed by atoms with Crippen molar-refractivity contribution in [2.75, 3.05) is 9.80 Å². The van der Waals surface area contributed by atoms with E-state index in [2.05, 4.69) is 449 Å². The largest absolute Gasteiger partial charge is 0.310 e. The highest BCUT2D eigenvalue weighted by Crippen LogP contribution is 2.55. The highest BCUT2D eigenvalue weighted by Gasteiger charge is 2.39. The van der Waals surface area contributed by atoms with E-state index in [1.54, 1.807) is 0 Å². The number of para-hydroxylation sites is 1. The molecule has 0 aromatic heterocycles. The predicted molar refractivity (Wildman–Crippen MR) is 558 cm³/mol. The first-order chi connectivity index (χ1) is 60.7. The fraction of sp³-hybridized carbons (Fsp3) is 0.381. The van der Waals surface area contributed by atoms with E-state index in [9.17, 15) is 0 Å². The molecule has 0 unspecified atom stereocenters. The van der Waals surface area contributed by atoms with Crippen LogP contribution in [0.25, 0.3) is 77.9 Å². The number of rotatable bonds is 24. The SMILES string of the molecule is CC(C)CCc1cc(CCC(C)C)cc(-c2cc(-c3cc(N(c4ccc(C5CCCCC5)cc4)c4ccc5c(c4)C(C)(C)c4ccccc4-5)cc(C(C)(C)C)c3)cc(C(C)(C)C)c2)c1.CC(C)CCc1cc(CCC(C)C)cc(-c2cc(-c3cc(N(c4ccc5c(c4)C(C)(C)c4ccccc4-5)c4ccccc4-c4ccccc4)cc(C(C)(C)C)c3)cc(C(C)(C)C)c2)c1. The maximum atomic E-state index is 2.55. The minimum atomic E-state index is -0.129. The van der Waals surface area contributed by atoms with Crippen LogP contribution in [0.2, 0.25) is 0 Å². The first kappa shape index (κ1) is 92.2. The van der Waals surface area contributed by atoms with Crippen LogP contribution in [0.4, 0.5) is 34.1 Å². The van der Waals surface area contributed by atoms with Gasteiger partial charge in [0.05, 0.1) is 5.69 Å². The van der Waals surface area contributed by atoms with Crippen molar-refractivity contribution in [1.29, 1.82) is 0 Å². The van der Waals surface area contributed by atoms with Gasteiger partial charge < -0.3 is 9.80 Å². The number of hydrogen-bond donors (Lipinski definition) is 0. The number of aryl methyl sites for hydroxylation is 4. The molecule has 0 aliphatic heterocycles. The van der Waals surface area contributed by atoms with E-state index >= 15 is 0 Å². The number of benzene rings is 13. The topological polar surface area (TPSA) is 6.48 Å². The zero-order valence-corrected chi connectivity index (χ0v) is 82.5. The second-order valence-corrected chi connectivity index (χ2v) is 45.2. The fourth-order valence-electron chi connectivity index (χ4n) is 20.1. The Morgan fingerprint density at radius 2 is 0.570 bits per heavy atom. The monoisotopic (exact) mass is 1690 g/mol. The van der Waals surface area contributed by atoms with E-state index in [0.717, 1.165) is 42.7 Å². The average molecular weight is 1690 g/mol. The second kappa shape index (κ2) is 37.5. The number of nitrogens with zero attached hydrogens (tertiary/aromatic N) is 2. The Kier molecular flexibility index (Phi) is 27.0. The molecule has 2 heteroatoms. The van der Waals surface area contributed by atoms with Crippen LogP contribution in [-0.2, 0) is 58.2 Å². The second-order valence-electron chi connectivity index (χ2n) is 45.2. The molecule has 128 heavy (non-hydrogen) atoms. The molecule has 1 fully saturated rings. The van der Waals surface area contributed by atoms with Gasteiger partial charge in [-0.25, -0.2) is 0 Å². The molecule has 16 rings (SSSR count). The molecule has 662 valence electrons. The van der Waals surface area contributed by atoms with Crippen LogP contribution < -0.4 is 9.80 Å². The molecule has 0 radical (unpaired) electrons. The van der Waals surface area contributed by atoms with Gasteiger partial charge in [0.15, 0.2) is 0 Å². The standard InChI is InChI=1S/C63H71N.C63H77N/c1-42(2)26-28-44-32-45(29-27-43(3)4)34-47(33-44)48-35-49(37-51(36-48)61(5,6)7)50-38-52(62(8,9)10)40-54(39-50)64(60-25-19-17-22-55(60)46-20-14-13-15-21-46)53-30-31-57-56-23-16-18-24-58(56)63(11,12)59(57)41-53;1-42(2)22-24-44-32-45(25-23-43(3)4)34-48(33-44)49-35-50(37-52(36-49)61(5,6)7)51-38-53(62(8,9)10)40-56(39-51)64(54-28-26-47(27-29-54)46-18-14-13-15-19-46)55-30-31-58-57-20-16-17-21-59(57)63(11,12)60(58)41-55/h13-25,30-43H,26-29H2,1-12H3;16-17,20-21,26-43,46H,13-15,18-19,22-25H2,1-12H3. The summed E-state index contributed by atoms with van der Waals surface area (Å²) >= 11 is 0. The van der Waals surface area contributed by atoms with Crippen molar-refractivity contribution >= 4 is 34.1 Å². The van der Waals surface area contributed by atoms with Gasteiger partial charge in [0, 0.05) is 44.8 Å². The summed E-state index contributed by atoms with van der Waals surface area (Å²) in [6.07, 6.45) is 15.9. The molecular weight excluding hydrogens is 1540 g/mol. The lowest BCUT2D eigenvalue weighted by molar-refractivity contribution is 0.443. The van der Waals surface area contributed by atoms with E-state index in [0.29, 0.717) is 29.6 Å². The van der Waals surface area contributed by atoms with Gasteiger partial charge in [0.2, 0.25) is 0 Å². The Hall–Kier alpha value is -10.5. The summed E-state index contributed by atoms with van der Waals surface area (Å²) in [7, 11) is 0. The quantitative estimate of drug-likeness (QED) is 0.0595. The third kappa shape index (κ3) is 20.7. The van der Waals surface area contributed by atoms with Crippen molar-refractivity contribution in [2.24, 2.45) is 23.7 Å². The van der Waals surface area contributed by atoms with Crippen LogP contribution in [0, 0.1) is 23.7 Å². The van der Waals surface area contributed by atoms with Crippen molar-refractivity contribution in [3.05, 3.63) is 345 Å².